The third-order valence-electron chi connectivity index (χ3n) is 7.74. The molecule has 2 aromatic carbocycles. The van der Waals surface area contributed by atoms with Gasteiger partial charge in [0.2, 0.25) is 5.43 Å². The molecule has 0 unspecified atom stereocenters. The Labute approximate surface area is 250 Å². The highest BCUT2D eigenvalue weighted by Crippen LogP contribution is 2.38. The number of amides is 1. The van der Waals surface area contributed by atoms with E-state index in [4.69, 9.17) is 17.0 Å². The zero-order valence-electron chi connectivity index (χ0n) is 22.6. The third kappa shape index (κ3) is 5.94. The Morgan fingerprint density at radius 3 is 2.52 bits per heavy atom. The summed E-state index contributed by atoms with van der Waals surface area (Å²) in [5.41, 5.74) is -0.0752. The minimum Gasteiger partial charge on any atom is -0.484 e. The number of rotatable bonds is 8. The summed E-state index contributed by atoms with van der Waals surface area (Å²) in [6, 6.07) is 12.1. The zero-order chi connectivity index (χ0) is 29.4. The molecule has 42 heavy (non-hydrogen) atoms. The molecule has 0 spiro atoms. The van der Waals surface area contributed by atoms with Crippen LogP contribution in [0.5, 0.6) is 5.75 Å². The first kappa shape index (κ1) is 28.4. The average Bonchev–Trinajstić information content (AvgIpc) is 3.83. The van der Waals surface area contributed by atoms with E-state index in [1.807, 2.05) is 23.1 Å². The number of aromatic nitrogens is 1. The van der Waals surface area contributed by atoms with Crippen LogP contribution in [0.15, 0.2) is 53.5 Å². The fourth-order valence-electron chi connectivity index (χ4n) is 5.22. The van der Waals surface area contributed by atoms with Crippen LogP contribution in [0.1, 0.15) is 29.2 Å². The quantitative estimate of drug-likeness (QED) is 0.329. The van der Waals surface area contributed by atoms with Crippen molar-refractivity contribution in [2.45, 2.75) is 30.3 Å². The number of piperazine rings is 1. The number of carbonyl (C=O) groups is 2. The second kappa shape index (κ2) is 11.9. The number of ether oxygens (including phenoxy) is 1. The molecule has 1 amide bonds. The summed E-state index contributed by atoms with van der Waals surface area (Å²) in [5.74, 6) is -1.42. The Bertz CT molecular complexity index is 1590. The van der Waals surface area contributed by atoms with Gasteiger partial charge in [0.1, 0.15) is 21.5 Å². The van der Waals surface area contributed by atoms with Gasteiger partial charge in [0.15, 0.2) is 6.61 Å². The van der Waals surface area contributed by atoms with Gasteiger partial charge in [-0.15, -0.1) is 0 Å². The van der Waals surface area contributed by atoms with Crippen molar-refractivity contribution < 1.29 is 23.8 Å². The zero-order valence-corrected chi connectivity index (χ0v) is 24.3. The molecule has 2 aliphatic heterocycles. The summed E-state index contributed by atoms with van der Waals surface area (Å²) in [4.78, 5) is 40.8. The number of benzene rings is 2. The van der Waals surface area contributed by atoms with E-state index < -0.39 is 17.2 Å². The standard InChI is InChI=1S/C29H30FN5O5S2/c30-21-12-19-23(35(17-6-7-17)15-20(26(19)37)28(38)39)13-24(21)33-8-10-34(11-9-33)29(41)42-27-22(14-31-27)32-25(36)16-40-18-4-2-1-3-5-18/h1-5,12-13,15,17,22,27,31H,6-11,14,16H2,(H,32,36)(H,38,39)/t22-,27+/m1/s1. The van der Waals surface area contributed by atoms with Gasteiger partial charge in [-0.3, -0.25) is 9.59 Å². The molecule has 2 atom stereocenters. The molecule has 6 rings (SSSR count). The van der Waals surface area contributed by atoms with Crippen molar-refractivity contribution in [2.75, 3.05) is 44.2 Å². The number of carboxylic acids is 1. The van der Waals surface area contributed by atoms with Crippen LogP contribution in [0.3, 0.4) is 0 Å². The van der Waals surface area contributed by atoms with Crippen LogP contribution in [0, 0.1) is 5.82 Å². The number of nitrogens with one attached hydrogen (secondary N) is 2. The largest absolute Gasteiger partial charge is 0.484 e. The average molecular weight is 612 g/mol. The summed E-state index contributed by atoms with van der Waals surface area (Å²) < 4.78 is 23.3. The van der Waals surface area contributed by atoms with Crippen LogP contribution in [0.2, 0.25) is 0 Å². The predicted octanol–water partition coefficient (Wildman–Crippen LogP) is 2.81. The molecule has 10 nitrogen and oxygen atoms in total. The molecule has 13 heteroatoms. The molecule has 0 bridgehead atoms. The number of aromatic carboxylic acids is 1. The van der Waals surface area contributed by atoms with Crippen molar-refractivity contribution >= 4 is 56.8 Å². The molecule has 0 radical (unpaired) electrons. The van der Waals surface area contributed by atoms with Crippen LogP contribution < -0.4 is 25.7 Å². The SMILES string of the molecule is O=C(COc1ccccc1)N[C@@H]1CN[C@H]1SC(=S)N1CCN(c2cc3c(cc2F)c(=O)c(C(=O)O)cn3C2CC2)CC1. The molecular formula is C29H30FN5O5S2. The number of thioether (sulfide) groups is 1. The van der Waals surface area contributed by atoms with Gasteiger partial charge in [0, 0.05) is 50.3 Å². The highest BCUT2D eigenvalue weighted by molar-refractivity contribution is 8.23. The van der Waals surface area contributed by atoms with E-state index in [-0.39, 0.29) is 40.9 Å². The third-order valence-corrected chi connectivity index (χ3v) is 9.50. The van der Waals surface area contributed by atoms with E-state index in [1.165, 1.54) is 24.0 Å². The first-order valence-electron chi connectivity index (χ1n) is 13.8. The number of carboxylic acid groups (broad SMARTS) is 1. The van der Waals surface area contributed by atoms with E-state index in [9.17, 15) is 19.5 Å². The maximum absolute atomic E-state index is 15.3. The van der Waals surface area contributed by atoms with Crippen LogP contribution in [0.25, 0.3) is 10.9 Å². The number of hydrogen-bond acceptors (Lipinski definition) is 8. The topological polar surface area (TPSA) is 116 Å². The van der Waals surface area contributed by atoms with Crippen molar-refractivity contribution in [3.05, 3.63) is 70.3 Å². The summed E-state index contributed by atoms with van der Waals surface area (Å²) >= 11 is 7.20. The summed E-state index contributed by atoms with van der Waals surface area (Å²) in [6.07, 6.45) is 3.17. The number of halogens is 1. The fraction of sp³-hybridized carbons (Fsp3) is 0.379. The summed E-state index contributed by atoms with van der Waals surface area (Å²) in [5, 5.41) is 15.8. The number of fused-ring (bicyclic) bond motifs is 1. The highest BCUT2D eigenvalue weighted by Gasteiger charge is 2.35. The van der Waals surface area contributed by atoms with Gasteiger partial charge >= 0.3 is 5.97 Å². The highest BCUT2D eigenvalue weighted by atomic mass is 32.2. The Morgan fingerprint density at radius 1 is 1.14 bits per heavy atom. The second-order valence-electron chi connectivity index (χ2n) is 10.6. The fourth-order valence-corrected chi connectivity index (χ4v) is 6.77. The molecule has 3 fully saturated rings. The van der Waals surface area contributed by atoms with Crippen molar-refractivity contribution in [1.29, 1.82) is 0 Å². The van der Waals surface area contributed by atoms with E-state index in [1.54, 1.807) is 22.8 Å². The lowest BCUT2D eigenvalue weighted by Gasteiger charge is -2.41. The van der Waals surface area contributed by atoms with Gasteiger partial charge in [-0.1, -0.05) is 42.2 Å². The summed E-state index contributed by atoms with van der Waals surface area (Å²) in [7, 11) is 0. The molecular weight excluding hydrogens is 581 g/mol. The summed E-state index contributed by atoms with van der Waals surface area (Å²) in [6.45, 7) is 2.81. The Hall–Kier alpha value is -3.68. The molecule has 3 aromatic rings. The molecule has 3 heterocycles. The Balaban J connectivity index is 1.05. The number of thiocarbonyl (C=S) groups is 1. The Kier molecular flexibility index (Phi) is 8.06. The lowest BCUT2D eigenvalue weighted by atomic mass is 10.1. The van der Waals surface area contributed by atoms with Crippen molar-refractivity contribution in [2.24, 2.45) is 0 Å². The second-order valence-corrected chi connectivity index (χ2v) is 12.4. The van der Waals surface area contributed by atoms with Crippen LogP contribution in [0.4, 0.5) is 10.1 Å². The van der Waals surface area contributed by atoms with E-state index >= 15 is 4.39 Å². The number of anilines is 1. The van der Waals surface area contributed by atoms with Gasteiger partial charge in [-0.05, 0) is 37.1 Å². The van der Waals surface area contributed by atoms with Crippen molar-refractivity contribution in [3.8, 4) is 5.75 Å². The normalized spacial score (nSPS) is 20.2. The Morgan fingerprint density at radius 2 is 1.88 bits per heavy atom. The van der Waals surface area contributed by atoms with Crippen LogP contribution in [-0.2, 0) is 4.79 Å². The van der Waals surface area contributed by atoms with Gasteiger partial charge in [0.25, 0.3) is 5.91 Å². The number of pyridine rings is 1. The first-order valence-corrected chi connectivity index (χ1v) is 15.1. The maximum atomic E-state index is 15.3. The minimum atomic E-state index is -1.31. The molecule has 1 aromatic heterocycles. The van der Waals surface area contributed by atoms with Crippen LogP contribution >= 0.6 is 24.0 Å². The molecule has 3 N–H and O–H groups in total. The predicted molar refractivity (Wildman–Crippen MR) is 163 cm³/mol. The first-order chi connectivity index (χ1) is 20.3. The van der Waals surface area contributed by atoms with Gasteiger partial charge in [-0.25, -0.2) is 9.18 Å². The molecule has 1 aliphatic carbocycles. The van der Waals surface area contributed by atoms with E-state index in [0.717, 1.165) is 12.8 Å². The number of nitrogens with zero attached hydrogens (tertiary/aromatic N) is 3. The lowest BCUT2D eigenvalue weighted by Crippen LogP contribution is -2.64. The smallest absolute Gasteiger partial charge is 0.341 e. The van der Waals surface area contributed by atoms with Crippen LogP contribution in [-0.4, -0.2) is 81.5 Å². The van der Waals surface area contributed by atoms with E-state index in [2.05, 4.69) is 15.5 Å². The van der Waals surface area contributed by atoms with Crippen molar-refractivity contribution in [3.63, 3.8) is 0 Å². The van der Waals surface area contributed by atoms with Gasteiger partial charge in [0.05, 0.1) is 22.6 Å². The van der Waals surface area contributed by atoms with Crippen molar-refractivity contribution in [1.82, 2.24) is 20.1 Å². The lowest BCUT2D eigenvalue weighted by molar-refractivity contribution is -0.124. The maximum Gasteiger partial charge on any atom is 0.341 e. The number of carbonyl (C=O) groups excluding carboxylic acids is 1. The molecule has 3 aliphatic rings. The van der Waals surface area contributed by atoms with E-state index in [0.29, 0.717) is 54.0 Å². The van der Waals surface area contributed by atoms with Gasteiger partial charge < -0.3 is 34.8 Å². The number of hydrogen-bond donors (Lipinski definition) is 3. The molecule has 2 saturated heterocycles. The van der Waals surface area contributed by atoms with Gasteiger partial charge in [-0.2, -0.15) is 0 Å². The monoisotopic (exact) mass is 611 g/mol. The molecule has 1 saturated carbocycles. The molecule has 220 valence electrons. The number of para-hydroxylation sites is 1. The minimum absolute atomic E-state index is 0.0519.